The maximum atomic E-state index is 12.7. The molecule has 0 aliphatic heterocycles. The van der Waals surface area contributed by atoms with Gasteiger partial charge < -0.3 is 5.32 Å². The summed E-state index contributed by atoms with van der Waals surface area (Å²) in [7, 11) is 0. The Hall–Kier alpha value is -2.83. The molecule has 0 unspecified atom stereocenters. The minimum Gasteiger partial charge on any atom is -0.350 e. The number of nitrogens with zero attached hydrogens (tertiary/aromatic N) is 4. The maximum Gasteiger partial charge on any atom is 0.329 e. The van der Waals surface area contributed by atoms with E-state index in [0.717, 1.165) is 17.5 Å². The Balaban J connectivity index is 1.77. The lowest BCUT2D eigenvalue weighted by atomic mass is 10.3. The Labute approximate surface area is 145 Å². The highest BCUT2D eigenvalue weighted by Crippen LogP contribution is 2.13. The van der Waals surface area contributed by atoms with Gasteiger partial charge in [0.05, 0.1) is 17.6 Å². The van der Waals surface area contributed by atoms with Gasteiger partial charge in [0.25, 0.3) is 0 Å². The molecular weight excluding hydrogens is 318 g/mol. The molecule has 3 aromatic rings. The molecule has 1 atom stereocenters. The molecule has 0 saturated carbocycles. The van der Waals surface area contributed by atoms with E-state index in [4.69, 9.17) is 0 Å². The van der Waals surface area contributed by atoms with Crippen LogP contribution in [0, 0.1) is 0 Å². The van der Waals surface area contributed by atoms with Crippen LogP contribution in [-0.2, 0) is 24.4 Å². The van der Waals surface area contributed by atoms with Gasteiger partial charge >= 0.3 is 5.69 Å². The van der Waals surface area contributed by atoms with Crippen LogP contribution in [0.2, 0.25) is 0 Å². The van der Waals surface area contributed by atoms with Gasteiger partial charge in [-0.1, -0.05) is 19.1 Å². The Morgan fingerprint density at radius 3 is 2.56 bits per heavy atom. The van der Waals surface area contributed by atoms with Crippen molar-refractivity contribution in [3.05, 3.63) is 53.2 Å². The molecule has 1 amide bonds. The van der Waals surface area contributed by atoms with E-state index in [1.807, 2.05) is 50.4 Å². The van der Waals surface area contributed by atoms with Crippen LogP contribution in [0.4, 0.5) is 0 Å². The Morgan fingerprint density at radius 2 is 1.92 bits per heavy atom. The minimum absolute atomic E-state index is 0.0134. The first-order chi connectivity index (χ1) is 12.1. The third-order valence-corrected chi connectivity index (χ3v) is 4.10. The number of imidazole rings is 1. The summed E-state index contributed by atoms with van der Waals surface area (Å²) in [4.78, 5) is 25.1. The van der Waals surface area contributed by atoms with Crippen molar-refractivity contribution in [2.45, 2.75) is 45.9 Å². The van der Waals surface area contributed by atoms with E-state index in [0.29, 0.717) is 13.1 Å². The molecule has 0 aliphatic rings. The van der Waals surface area contributed by atoms with Crippen LogP contribution in [0.3, 0.4) is 0 Å². The van der Waals surface area contributed by atoms with Crippen molar-refractivity contribution >= 4 is 16.9 Å². The molecule has 0 fully saturated rings. The van der Waals surface area contributed by atoms with Gasteiger partial charge in [-0.3, -0.25) is 18.6 Å². The smallest absolute Gasteiger partial charge is 0.329 e. The van der Waals surface area contributed by atoms with Gasteiger partial charge in [0.15, 0.2) is 0 Å². The van der Waals surface area contributed by atoms with Crippen molar-refractivity contribution in [3.63, 3.8) is 0 Å². The number of amides is 1. The predicted molar refractivity (Wildman–Crippen MR) is 96.3 cm³/mol. The highest BCUT2D eigenvalue weighted by atomic mass is 16.2. The van der Waals surface area contributed by atoms with Crippen LogP contribution < -0.4 is 11.0 Å². The van der Waals surface area contributed by atoms with Gasteiger partial charge in [0.1, 0.15) is 6.54 Å². The number of aromatic nitrogens is 4. The second-order valence-corrected chi connectivity index (χ2v) is 6.21. The Bertz CT molecular complexity index is 907. The lowest BCUT2D eigenvalue weighted by Crippen LogP contribution is -2.39. The lowest BCUT2D eigenvalue weighted by molar-refractivity contribution is -0.122. The average Bonchev–Trinajstić information content (AvgIpc) is 3.17. The summed E-state index contributed by atoms with van der Waals surface area (Å²) in [5, 5.41) is 7.06. The van der Waals surface area contributed by atoms with Gasteiger partial charge in [0, 0.05) is 25.0 Å². The summed E-state index contributed by atoms with van der Waals surface area (Å²) >= 11 is 0. The minimum atomic E-state index is -0.179. The molecule has 0 spiro atoms. The van der Waals surface area contributed by atoms with Crippen molar-refractivity contribution in [1.29, 1.82) is 0 Å². The number of hydrogen-bond donors (Lipinski definition) is 1. The first-order valence-corrected chi connectivity index (χ1v) is 8.55. The average molecular weight is 341 g/mol. The van der Waals surface area contributed by atoms with Crippen LogP contribution in [0.5, 0.6) is 0 Å². The van der Waals surface area contributed by atoms with Gasteiger partial charge in [-0.05, 0) is 31.5 Å². The molecule has 3 rings (SSSR count). The molecule has 0 bridgehead atoms. The molecular formula is C18H23N5O2. The SMILES string of the molecule is CCCn1c(=O)n(CC(=O)N[C@@H](C)Cn2cccn2)c2ccccc21. The van der Waals surface area contributed by atoms with Crippen molar-refractivity contribution in [1.82, 2.24) is 24.2 Å². The molecule has 7 nitrogen and oxygen atoms in total. The molecule has 0 saturated heterocycles. The molecule has 132 valence electrons. The van der Waals surface area contributed by atoms with Crippen LogP contribution in [0.15, 0.2) is 47.5 Å². The van der Waals surface area contributed by atoms with E-state index < -0.39 is 0 Å². The third-order valence-electron chi connectivity index (χ3n) is 4.10. The zero-order valence-corrected chi connectivity index (χ0v) is 14.6. The molecule has 7 heteroatoms. The normalized spacial score (nSPS) is 12.4. The number of carbonyl (C=O) groups is 1. The topological polar surface area (TPSA) is 73.8 Å². The van der Waals surface area contributed by atoms with E-state index >= 15 is 0 Å². The number of benzene rings is 1. The summed E-state index contributed by atoms with van der Waals surface area (Å²) in [5.74, 6) is -0.179. The third kappa shape index (κ3) is 3.65. The highest BCUT2D eigenvalue weighted by molar-refractivity contribution is 5.81. The van der Waals surface area contributed by atoms with E-state index in [-0.39, 0.29) is 24.2 Å². The Morgan fingerprint density at radius 1 is 1.20 bits per heavy atom. The first-order valence-electron chi connectivity index (χ1n) is 8.55. The van der Waals surface area contributed by atoms with Crippen LogP contribution in [0.25, 0.3) is 11.0 Å². The molecule has 1 N–H and O–H groups in total. The summed E-state index contributed by atoms with van der Waals surface area (Å²) in [5.41, 5.74) is 1.51. The van der Waals surface area contributed by atoms with Crippen molar-refractivity contribution in [3.8, 4) is 0 Å². The first kappa shape index (κ1) is 17.0. The summed E-state index contributed by atoms with van der Waals surface area (Å²) in [6.45, 7) is 5.19. The molecule has 1 aromatic carbocycles. The molecule has 25 heavy (non-hydrogen) atoms. The molecule has 0 aliphatic carbocycles. The fourth-order valence-electron chi connectivity index (χ4n) is 3.06. The number of aryl methyl sites for hydroxylation is 1. The standard InChI is InChI=1S/C18H23N5O2/c1-3-10-22-15-7-4-5-8-16(15)23(18(22)25)13-17(24)20-14(2)12-21-11-6-9-19-21/h4-9,11,14H,3,10,12-13H2,1-2H3,(H,20,24)/t14-/m0/s1. The van der Waals surface area contributed by atoms with Crippen LogP contribution in [-0.4, -0.2) is 30.9 Å². The van der Waals surface area contributed by atoms with E-state index in [9.17, 15) is 9.59 Å². The number of hydrogen-bond acceptors (Lipinski definition) is 3. The molecule has 0 radical (unpaired) electrons. The zero-order chi connectivity index (χ0) is 17.8. The monoisotopic (exact) mass is 341 g/mol. The highest BCUT2D eigenvalue weighted by Gasteiger charge is 2.16. The van der Waals surface area contributed by atoms with Crippen molar-refractivity contribution in [2.75, 3.05) is 0 Å². The van der Waals surface area contributed by atoms with Crippen LogP contribution >= 0.6 is 0 Å². The number of rotatable bonds is 7. The van der Waals surface area contributed by atoms with E-state index in [2.05, 4.69) is 10.4 Å². The predicted octanol–water partition coefficient (Wildman–Crippen LogP) is 1.61. The van der Waals surface area contributed by atoms with E-state index in [1.165, 1.54) is 0 Å². The van der Waals surface area contributed by atoms with E-state index in [1.54, 1.807) is 20.0 Å². The second-order valence-electron chi connectivity index (χ2n) is 6.21. The number of fused-ring (bicyclic) bond motifs is 1. The quantitative estimate of drug-likeness (QED) is 0.709. The van der Waals surface area contributed by atoms with Gasteiger partial charge in [-0.25, -0.2) is 4.79 Å². The summed E-state index contributed by atoms with van der Waals surface area (Å²) < 4.78 is 5.04. The number of carbonyl (C=O) groups excluding carboxylic acids is 1. The largest absolute Gasteiger partial charge is 0.350 e. The maximum absolute atomic E-state index is 12.7. The second kappa shape index (κ2) is 7.38. The molecule has 2 aromatic heterocycles. The number of nitrogens with one attached hydrogen (secondary N) is 1. The van der Waals surface area contributed by atoms with Crippen LogP contribution in [0.1, 0.15) is 20.3 Å². The molecule has 2 heterocycles. The Kier molecular flexibility index (Phi) is 5.02. The fourth-order valence-corrected chi connectivity index (χ4v) is 3.06. The number of para-hydroxylation sites is 2. The zero-order valence-electron chi connectivity index (χ0n) is 14.6. The van der Waals surface area contributed by atoms with Gasteiger partial charge in [0.2, 0.25) is 5.91 Å². The van der Waals surface area contributed by atoms with Gasteiger partial charge in [-0.2, -0.15) is 5.10 Å². The van der Waals surface area contributed by atoms with Crippen molar-refractivity contribution in [2.24, 2.45) is 0 Å². The van der Waals surface area contributed by atoms with Crippen molar-refractivity contribution < 1.29 is 4.79 Å². The summed E-state index contributed by atoms with van der Waals surface area (Å²) in [6.07, 6.45) is 4.42. The fraction of sp³-hybridized carbons (Fsp3) is 0.389. The summed E-state index contributed by atoms with van der Waals surface area (Å²) in [6, 6.07) is 9.35. The van der Waals surface area contributed by atoms with Gasteiger partial charge in [-0.15, -0.1) is 0 Å². The lowest BCUT2D eigenvalue weighted by Gasteiger charge is -2.14.